The highest BCUT2D eigenvalue weighted by molar-refractivity contribution is 6.16. The molecule has 322 valence electrons. The molecule has 10 aromatic carbocycles. The first kappa shape index (κ1) is 38.8. The highest BCUT2D eigenvalue weighted by atomic mass is 16.3. The molecule has 0 fully saturated rings. The largest absolute Gasteiger partial charge is 0.456 e. The minimum Gasteiger partial charge on any atom is -0.456 e. The van der Waals surface area contributed by atoms with Gasteiger partial charge in [-0.05, 0) is 95.1 Å². The van der Waals surface area contributed by atoms with Crippen LogP contribution in [0.3, 0.4) is 0 Å². The minimum absolute atomic E-state index is 0.574. The molecule has 0 spiro atoms. The lowest BCUT2D eigenvalue weighted by Gasteiger charge is -2.15. The molecule has 6 heteroatoms. The molecule has 0 bridgehead atoms. The summed E-state index contributed by atoms with van der Waals surface area (Å²) < 4.78 is 15.3. The molecule has 4 heterocycles. The molecule has 14 rings (SSSR count). The zero-order valence-corrected chi connectivity index (χ0v) is 37.0. The van der Waals surface area contributed by atoms with Crippen LogP contribution in [0.2, 0.25) is 0 Å². The van der Waals surface area contributed by atoms with E-state index in [1.165, 1.54) is 10.8 Å². The monoisotopic (exact) mass is 882 g/mol. The van der Waals surface area contributed by atoms with Gasteiger partial charge in [0.1, 0.15) is 22.3 Å². The topological polar surface area (TPSA) is 69.9 Å². The first-order chi connectivity index (χ1) is 34.2. The van der Waals surface area contributed by atoms with Crippen molar-refractivity contribution in [1.29, 1.82) is 0 Å². The zero-order valence-electron chi connectivity index (χ0n) is 37.0. The fraction of sp³-hybridized carbons (Fsp3) is 0. The summed E-state index contributed by atoms with van der Waals surface area (Å²) in [6.07, 6.45) is 0. The first-order valence-corrected chi connectivity index (χ1v) is 23.2. The minimum atomic E-state index is 0.574. The third-order valence-electron chi connectivity index (χ3n) is 13.5. The van der Waals surface area contributed by atoms with Crippen LogP contribution in [0.25, 0.3) is 139 Å². The standard InChI is InChI=1S/C63H38N4O2/c1-3-15-39(16-4-1)45-36-53(43-20-13-19-42(35-43)47-24-14-25-52-50-23-9-12-28-57(50)69-60(47)52)59-54(37-45)48-21-7-10-26-55(48)67(59)46-32-29-41(30-33-46)62-64-61(40-17-5-2-6-18-40)65-63(66-62)44-31-34-51-49-22-8-11-27-56(49)68-58(51)38-44/h1-38H. The molecular weight excluding hydrogens is 845 g/mol. The molecule has 0 saturated heterocycles. The maximum absolute atomic E-state index is 6.55. The lowest BCUT2D eigenvalue weighted by molar-refractivity contribution is 0.669. The Morgan fingerprint density at radius 2 is 0.826 bits per heavy atom. The fourth-order valence-electron chi connectivity index (χ4n) is 10.2. The number of hydrogen-bond acceptors (Lipinski definition) is 5. The predicted octanol–water partition coefficient (Wildman–Crippen LogP) is 16.8. The Balaban J connectivity index is 0.937. The molecule has 0 N–H and O–H groups in total. The van der Waals surface area contributed by atoms with Crippen LogP contribution in [0, 0.1) is 0 Å². The quantitative estimate of drug-likeness (QED) is 0.159. The third kappa shape index (κ3) is 6.45. The number of furan rings is 2. The van der Waals surface area contributed by atoms with Crippen LogP contribution >= 0.6 is 0 Å². The van der Waals surface area contributed by atoms with E-state index in [0.29, 0.717) is 17.5 Å². The summed E-state index contributed by atoms with van der Waals surface area (Å²) in [6, 6.07) is 80.7. The van der Waals surface area contributed by atoms with Gasteiger partial charge in [-0.25, -0.2) is 15.0 Å². The van der Waals surface area contributed by atoms with Gasteiger partial charge in [0.2, 0.25) is 0 Å². The van der Waals surface area contributed by atoms with E-state index in [9.17, 15) is 0 Å². The summed E-state index contributed by atoms with van der Waals surface area (Å²) >= 11 is 0. The van der Waals surface area contributed by atoms with E-state index in [1.807, 2.05) is 66.7 Å². The van der Waals surface area contributed by atoms with Crippen molar-refractivity contribution in [3.8, 4) is 73.2 Å². The van der Waals surface area contributed by atoms with E-state index in [2.05, 4.69) is 168 Å². The molecule has 0 radical (unpaired) electrons. The van der Waals surface area contributed by atoms with Crippen molar-refractivity contribution < 1.29 is 8.83 Å². The summed E-state index contributed by atoms with van der Waals surface area (Å²) in [4.78, 5) is 15.2. The summed E-state index contributed by atoms with van der Waals surface area (Å²) in [7, 11) is 0. The van der Waals surface area contributed by atoms with Crippen LogP contribution < -0.4 is 0 Å². The molecule has 0 amide bonds. The third-order valence-corrected chi connectivity index (χ3v) is 13.5. The maximum Gasteiger partial charge on any atom is 0.164 e. The van der Waals surface area contributed by atoms with Crippen LogP contribution in [0.4, 0.5) is 0 Å². The normalized spacial score (nSPS) is 11.8. The van der Waals surface area contributed by atoms with Gasteiger partial charge in [0.05, 0.1) is 11.0 Å². The van der Waals surface area contributed by atoms with Crippen LogP contribution in [-0.4, -0.2) is 19.5 Å². The van der Waals surface area contributed by atoms with Gasteiger partial charge in [-0.2, -0.15) is 0 Å². The van der Waals surface area contributed by atoms with Crippen LogP contribution in [0.15, 0.2) is 239 Å². The molecule has 6 nitrogen and oxygen atoms in total. The number of hydrogen-bond donors (Lipinski definition) is 0. The molecule has 0 aliphatic rings. The van der Waals surface area contributed by atoms with E-state index in [0.717, 1.165) is 111 Å². The van der Waals surface area contributed by atoms with Crippen LogP contribution in [0.1, 0.15) is 0 Å². The molecular formula is C63H38N4O2. The molecule has 0 aliphatic heterocycles. The first-order valence-electron chi connectivity index (χ1n) is 23.2. The SMILES string of the molecule is c1ccc(-c2cc(-c3cccc(-c4cccc5c4oc4ccccc45)c3)c3c(c2)c2ccccc2n3-c2ccc(-c3nc(-c4ccccc4)nc(-c4ccc5c(c4)oc4ccccc45)n3)cc2)cc1. The van der Waals surface area contributed by atoms with Crippen molar-refractivity contribution in [2.75, 3.05) is 0 Å². The van der Waals surface area contributed by atoms with Gasteiger partial charge >= 0.3 is 0 Å². The van der Waals surface area contributed by atoms with Crippen molar-refractivity contribution in [2.24, 2.45) is 0 Å². The smallest absolute Gasteiger partial charge is 0.164 e. The number of aromatic nitrogens is 4. The maximum atomic E-state index is 6.55. The highest BCUT2D eigenvalue weighted by Crippen LogP contribution is 2.44. The van der Waals surface area contributed by atoms with E-state index in [1.54, 1.807) is 0 Å². The Labute approximate surface area is 396 Å². The van der Waals surface area contributed by atoms with Gasteiger partial charge in [-0.15, -0.1) is 0 Å². The van der Waals surface area contributed by atoms with E-state index < -0.39 is 0 Å². The second kappa shape index (κ2) is 15.6. The molecule has 0 unspecified atom stereocenters. The Kier molecular flexibility index (Phi) is 8.79. The Morgan fingerprint density at radius 3 is 1.58 bits per heavy atom. The highest BCUT2D eigenvalue weighted by Gasteiger charge is 2.21. The van der Waals surface area contributed by atoms with Crippen molar-refractivity contribution in [1.82, 2.24) is 19.5 Å². The van der Waals surface area contributed by atoms with Gasteiger partial charge in [-0.1, -0.05) is 158 Å². The average Bonchev–Trinajstić information content (AvgIpc) is 4.11. The summed E-state index contributed by atoms with van der Waals surface area (Å²) in [5, 5.41) is 6.71. The number of para-hydroxylation sites is 4. The van der Waals surface area contributed by atoms with Crippen LogP contribution in [-0.2, 0) is 0 Å². The number of nitrogens with zero attached hydrogens (tertiary/aromatic N) is 4. The predicted molar refractivity (Wildman–Crippen MR) is 281 cm³/mol. The zero-order chi connectivity index (χ0) is 45.4. The molecule has 0 saturated carbocycles. The second-order valence-electron chi connectivity index (χ2n) is 17.5. The summed E-state index contributed by atoms with van der Waals surface area (Å²) in [5.74, 6) is 1.76. The van der Waals surface area contributed by atoms with Gasteiger partial charge in [0, 0.05) is 65.8 Å². The Morgan fingerprint density at radius 1 is 0.290 bits per heavy atom. The lowest BCUT2D eigenvalue weighted by Crippen LogP contribution is -2.01. The number of rotatable bonds is 7. The molecule has 0 aliphatic carbocycles. The van der Waals surface area contributed by atoms with Gasteiger partial charge in [-0.3, -0.25) is 0 Å². The van der Waals surface area contributed by atoms with Gasteiger partial charge in [0.25, 0.3) is 0 Å². The van der Waals surface area contributed by atoms with E-state index >= 15 is 0 Å². The van der Waals surface area contributed by atoms with Crippen molar-refractivity contribution in [3.05, 3.63) is 231 Å². The Hall–Kier alpha value is -9.39. The van der Waals surface area contributed by atoms with Gasteiger partial charge in [0.15, 0.2) is 17.5 Å². The lowest BCUT2D eigenvalue weighted by atomic mass is 9.93. The molecule has 14 aromatic rings. The number of benzene rings is 10. The van der Waals surface area contributed by atoms with E-state index in [-0.39, 0.29) is 0 Å². The fourth-order valence-corrected chi connectivity index (χ4v) is 10.2. The molecule has 69 heavy (non-hydrogen) atoms. The summed E-state index contributed by atoms with van der Waals surface area (Å²) in [5.41, 5.74) is 16.0. The van der Waals surface area contributed by atoms with Crippen molar-refractivity contribution in [2.45, 2.75) is 0 Å². The second-order valence-corrected chi connectivity index (χ2v) is 17.5. The van der Waals surface area contributed by atoms with Crippen LogP contribution in [0.5, 0.6) is 0 Å². The van der Waals surface area contributed by atoms with Gasteiger partial charge < -0.3 is 13.4 Å². The van der Waals surface area contributed by atoms with Crippen molar-refractivity contribution in [3.63, 3.8) is 0 Å². The average molecular weight is 883 g/mol. The molecule has 0 atom stereocenters. The Bertz CT molecular complexity index is 4300. The van der Waals surface area contributed by atoms with E-state index in [4.69, 9.17) is 23.8 Å². The number of fused-ring (bicyclic) bond motifs is 9. The van der Waals surface area contributed by atoms with Crippen molar-refractivity contribution >= 4 is 65.7 Å². The molecule has 4 aromatic heterocycles. The summed E-state index contributed by atoms with van der Waals surface area (Å²) in [6.45, 7) is 0.